The Morgan fingerprint density at radius 1 is 0.927 bits per heavy atom. The first kappa shape index (κ1) is 30.1. The molecule has 2 aromatic carbocycles. The van der Waals surface area contributed by atoms with E-state index in [-0.39, 0.29) is 24.1 Å². The number of nitrogens with one attached hydrogen (secondary N) is 3. The highest BCUT2D eigenvalue weighted by atomic mass is 32.1. The van der Waals surface area contributed by atoms with Crippen LogP contribution in [0.25, 0.3) is 0 Å². The molecule has 1 fully saturated rings. The number of carbonyl (C=O) groups is 2. The molecular formula is C26H23F7N4O3S. The lowest BCUT2D eigenvalue weighted by atomic mass is 9.90. The fourth-order valence-electron chi connectivity index (χ4n) is 4.26. The molecule has 0 saturated heterocycles. The van der Waals surface area contributed by atoms with Crippen LogP contribution in [0.4, 0.5) is 41.2 Å². The van der Waals surface area contributed by atoms with Crippen LogP contribution in [0.5, 0.6) is 5.75 Å². The summed E-state index contributed by atoms with van der Waals surface area (Å²) in [6, 6.07) is 4.34. The lowest BCUT2D eigenvalue weighted by Crippen LogP contribution is -2.54. The number of anilines is 1. The van der Waals surface area contributed by atoms with Gasteiger partial charge in [-0.05, 0) is 43.2 Å². The first-order chi connectivity index (χ1) is 19.3. The number of hydrogen-bond acceptors (Lipinski definition) is 5. The van der Waals surface area contributed by atoms with Gasteiger partial charge in [0.2, 0.25) is 0 Å². The SMILES string of the molecule is O=C(Nc1cc(C(F)(F)F)cc(C(F)(F)F)c1)N[C@H]1CCCC[C@H]1NC(=O)c1csc(COc2ccccc2F)n1. The average Bonchev–Trinajstić information content (AvgIpc) is 3.37. The third kappa shape index (κ3) is 8.08. The Kier molecular flexibility index (Phi) is 9.05. The molecule has 0 spiro atoms. The van der Waals surface area contributed by atoms with E-state index in [0.29, 0.717) is 42.8 Å². The Balaban J connectivity index is 1.38. The summed E-state index contributed by atoms with van der Waals surface area (Å²) < 4.78 is 97.9. The van der Waals surface area contributed by atoms with Crippen LogP contribution in [0.3, 0.4) is 0 Å². The number of nitrogens with zero attached hydrogens (tertiary/aromatic N) is 1. The van der Waals surface area contributed by atoms with Crippen LogP contribution in [-0.4, -0.2) is 29.0 Å². The molecule has 4 rings (SSSR count). The normalized spacial score (nSPS) is 17.5. The first-order valence-corrected chi connectivity index (χ1v) is 13.2. The zero-order valence-corrected chi connectivity index (χ0v) is 21.9. The number of urea groups is 1. The molecule has 15 heteroatoms. The second kappa shape index (κ2) is 12.3. The van der Waals surface area contributed by atoms with Crippen LogP contribution in [-0.2, 0) is 19.0 Å². The van der Waals surface area contributed by atoms with E-state index in [0.717, 1.165) is 11.3 Å². The van der Waals surface area contributed by atoms with E-state index in [1.807, 2.05) is 5.32 Å². The van der Waals surface area contributed by atoms with Gasteiger partial charge in [0.1, 0.15) is 17.3 Å². The maximum atomic E-state index is 13.7. The van der Waals surface area contributed by atoms with Crippen molar-refractivity contribution in [3.05, 3.63) is 75.5 Å². The Morgan fingerprint density at radius 2 is 1.54 bits per heavy atom. The highest BCUT2D eigenvalue weighted by molar-refractivity contribution is 7.09. The molecule has 2 atom stereocenters. The molecule has 0 bridgehead atoms. The first-order valence-electron chi connectivity index (χ1n) is 12.3. The lowest BCUT2D eigenvalue weighted by molar-refractivity contribution is -0.143. The lowest BCUT2D eigenvalue weighted by Gasteiger charge is -2.32. The summed E-state index contributed by atoms with van der Waals surface area (Å²) in [4.78, 5) is 29.6. The average molecular weight is 605 g/mol. The third-order valence-electron chi connectivity index (χ3n) is 6.22. The minimum atomic E-state index is -5.06. The van der Waals surface area contributed by atoms with Crippen molar-refractivity contribution in [1.82, 2.24) is 15.6 Å². The number of hydrogen-bond donors (Lipinski definition) is 3. The number of halogens is 7. The molecule has 220 valence electrons. The predicted molar refractivity (Wildman–Crippen MR) is 135 cm³/mol. The van der Waals surface area contributed by atoms with E-state index in [9.17, 15) is 40.3 Å². The van der Waals surface area contributed by atoms with Crippen LogP contribution >= 0.6 is 11.3 Å². The number of rotatable bonds is 7. The number of para-hydroxylation sites is 1. The molecule has 7 nitrogen and oxygen atoms in total. The van der Waals surface area contributed by atoms with Crippen molar-refractivity contribution in [2.45, 2.75) is 56.7 Å². The van der Waals surface area contributed by atoms with Gasteiger partial charge < -0.3 is 20.7 Å². The highest BCUT2D eigenvalue weighted by Gasteiger charge is 2.37. The van der Waals surface area contributed by atoms with Gasteiger partial charge in [0.25, 0.3) is 5.91 Å². The number of alkyl halides is 6. The van der Waals surface area contributed by atoms with Gasteiger partial charge >= 0.3 is 18.4 Å². The van der Waals surface area contributed by atoms with E-state index < -0.39 is 59.0 Å². The van der Waals surface area contributed by atoms with Gasteiger partial charge in [-0.1, -0.05) is 25.0 Å². The van der Waals surface area contributed by atoms with Crippen molar-refractivity contribution >= 4 is 29.0 Å². The van der Waals surface area contributed by atoms with E-state index in [1.165, 1.54) is 23.6 Å². The largest absolute Gasteiger partial charge is 0.483 e. The second-order valence-electron chi connectivity index (χ2n) is 9.21. The predicted octanol–water partition coefficient (Wildman–Crippen LogP) is 6.76. The molecule has 0 radical (unpaired) electrons. The third-order valence-corrected chi connectivity index (χ3v) is 7.04. The van der Waals surface area contributed by atoms with Gasteiger partial charge in [0.15, 0.2) is 11.6 Å². The summed E-state index contributed by atoms with van der Waals surface area (Å²) in [5, 5.41) is 9.25. The molecule has 1 aromatic heterocycles. The molecule has 0 aliphatic heterocycles. The number of thiazole rings is 1. The molecule has 3 N–H and O–H groups in total. The molecule has 3 aromatic rings. The molecule has 1 aliphatic carbocycles. The summed E-state index contributed by atoms with van der Waals surface area (Å²) in [6.07, 6.45) is -7.86. The van der Waals surface area contributed by atoms with Crippen LogP contribution < -0.4 is 20.7 Å². The highest BCUT2D eigenvalue weighted by Crippen LogP contribution is 2.37. The van der Waals surface area contributed by atoms with E-state index in [2.05, 4.69) is 15.6 Å². The van der Waals surface area contributed by atoms with Crippen molar-refractivity contribution < 1.29 is 45.1 Å². The van der Waals surface area contributed by atoms with Gasteiger partial charge in [0.05, 0.1) is 17.2 Å². The van der Waals surface area contributed by atoms with Gasteiger partial charge in [-0.25, -0.2) is 14.2 Å². The zero-order chi connectivity index (χ0) is 29.8. The van der Waals surface area contributed by atoms with Crippen molar-refractivity contribution in [2.24, 2.45) is 0 Å². The summed E-state index contributed by atoms with van der Waals surface area (Å²) in [5.41, 5.74) is -3.74. The fourth-order valence-corrected chi connectivity index (χ4v) is 4.95. The van der Waals surface area contributed by atoms with E-state index in [4.69, 9.17) is 4.74 Å². The Bertz CT molecular complexity index is 1360. The molecule has 41 heavy (non-hydrogen) atoms. The van der Waals surface area contributed by atoms with Crippen molar-refractivity contribution in [3.8, 4) is 5.75 Å². The quantitative estimate of drug-likeness (QED) is 0.260. The fraction of sp³-hybridized carbons (Fsp3) is 0.346. The molecule has 1 saturated carbocycles. The van der Waals surface area contributed by atoms with Crippen LogP contribution in [0.1, 0.15) is 52.3 Å². The summed E-state index contributed by atoms with van der Waals surface area (Å²) in [5.74, 6) is -1.07. The number of carbonyl (C=O) groups excluding carboxylic acids is 2. The summed E-state index contributed by atoms with van der Waals surface area (Å²) in [6.45, 7) is -0.0712. The van der Waals surface area contributed by atoms with Gasteiger partial charge in [0, 0.05) is 17.1 Å². The van der Waals surface area contributed by atoms with Crippen molar-refractivity contribution in [1.29, 1.82) is 0 Å². The maximum absolute atomic E-state index is 13.7. The van der Waals surface area contributed by atoms with E-state index >= 15 is 0 Å². The summed E-state index contributed by atoms with van der Waals surface area (Å²) in [7, 11) is 0. The molecule has 0 unspecified atom stereocenters. The smallest absolute Gasteiger partial charge is 0.416 e. The Hall–Kier alpha value is -3.88. The second-order valence-corrected chi connectivity index (χ2v) is 10.2. The maximum Gasteiger partial charge on any atom is 0.416 e. The standard InChI is InChI=1S/C26H23F7N4O3S/c27-17-5-1-4-8-21(17)40-12-22-35-20(13-41-22)23(38)36-18-6-2-3-7-19(18)37-24(39)34-16-10-14(25(28,29)30)9-15(11-16)26(31,32)33/h1,4-5,8-11,13,18-19H,2-3,6-7,12H2,(H,36,38)(H2,34,37,39)/t18-,19+/m1/s1. The number of ether oxygens (including phenoxy) is 1. The summed E-state index contributed by atoms with van der Waals surface area (Å²) >= 11 is 1.12. The molecule has 1 aliphatic rings. The topological polar surface area (TPSA) is 92.4 Å². The molecule has 3 amide bonds. The molecule has 1 heterocycles. The minimum Gasteiger partial charge on any atom is -0.483 e. The minimum absolute atomic E-state index is 0.0304. The van der Waals surface area contributed by atoms with Crippen molar-refractivity contribution in [2.75, 3.05) is 5.32 Å². The number of aromatic nitrogens is 1. The number of amides is 3. The van der Waals surface area contributed by atoms with Crippen LogP contribution in [0.2, 0.25) is 0 Å². The van der Waals surface area contributed by atoms with Crippen molar-refractivity contribution in [3.63, 3.8) is 0 Å². The monoisotopic (exact) mass is 604 g/mol. The van der Waals surface area contributed by atoms with Crippen LogP contribution in [0.15, 0.2) is 47.8 Å². The molecular weight excluding hydrogens is 581 g/mol. The Labute approximate surface area is 233 Å². The van der Waals surface area contributed by atoms with E-state index in [1.54, 1.807) is 6.07 Å². The number of benzene rings is 2. The van der Waals surface area contributed by atoms with Gasteiger partial charge in [-0.2, -0.15) is 26.3 Å². The van der Waals surface area contributed by atoms with Gasteiger partial charge in [-0.15, -0.1) is 11.3 Å². The Morgan fingerprint density at radius 3 is 2.15 bits per heavy atom. The van der Waals surface area contributed by atoms with Gasteiger partial charge in [-0.3, -0.25) is 4.79 Å². The zero-order valence-electron chi connectivity index (χ0n) is 21.0. The van der Waals surface area contributed by atoms with Crippen LogP contribution in [0, 0.1) is 5.82 Å².